The van der Waals surface area contributed by atoms with Crippen LogP contribution < -0.4 is 11.6 Å². The molecular formula is C7H14N4O. The summed E-state index contributed by atoms with van der Waals surface area (Å²) in [7, 11) is 0. The number of hydrogen-bond acceptors (Lipinski definition) is 5. The van der Waals surface area contributed by atoms with E-state index in [-0.39, 0.29) is 12.3 Å². The van der Waals surface area contributed by atoms with Crippen LogP contribution in [0, 0.1) is 0 Å². The van der Waals surface area contributed by atoms with Crippen molar-refractivity contribution in [3.63, 3.8) is 0 Å². The predicted molar refractivity (Wildman–Crippen MR) is 49.3 cm³/mol. The average molecular weight is 170 g/mol. The molecule has 0 saturated carbocycles. The number of carbonyl (C=O) groups is 1. The van der Waals surface area contributed by atoms with Crippen molar-refractivity contribution in [2.75, 3.05) is 13.1 Å². The Hall–Kier alpha value is -1.23. The lowest BCUT2D eigenvalue weighted by Gasteiger charge is -1.92. The van der Waals surface area contributed by atoms with E-state index < -0.39 is 0 Å². The Labute approximate surface area is 71.5 Å². The highest BCUT2D eigenvalue weighted by atomic mass is 16.1. The smallest absolute Gasteiger partial charge is 0.131 e. The molecule has 0 atom stereocenters. The van der Waals surface area contributed by atoms with Crippen LogP contribution in [0.2, 0.25) is 0 Å². The average Bonchev–Trinajstić information content (AvgIpc) is 2.04. The Morgan fingerprint density at radius 3 is 2.67 bits per heavy atom. The van der Waals surface area contributed by atoms with Crippen molar-refractivity contribution in [1.82, 2.24) is 0 Å². The maximum absolute atomic E-state index is 10.5. The predicted octanol–water partition coefficient (Wildman–Crippen LogP) is -0.690. The molecule has 0 saturated heterocycles. The molecule has 0 aromatic carbocycles. The fraction of sp³-hybridized carbons (Fsp3) is 0.571. The zero-order chi connectivity index (χ0) is 9.40. The molecular weight excluding hydrogens is 156 g/mol. The molecule has 0 unspecified atom stereocenters. The van der Waals surface area contributed by atoms with Gasteiger partial charge in [-0.05, 0) is 6.92 Å². The zero-order valence-electron chi connectivity index (χ0n) is 7.16. The van der Waals surface area contributed by atoms with Crippen LogP contribution >= 0.6 is 0 Å². The second kappa shape index (κ2) is 6.48. The first-order valence-electron chi connectivity index (χ1n) is 3.66. The standard InChI is InChI=1S/C7H14N4O/c1-6(12)2-3-10-5-7(4-8)11-9/h5H,2-4,8-9H2,1H3. The minimum absolute atomic E-state index is 0.117. The molecule has 68 valence electrons. The number of hydrazone groups is 1. The van der Waals surface area contributed by atoms with Gasteiger partial charge < -0.3 is 11.6 Å². The lowest BCUT2D eigenvalue weighted by atomic mass is 10.3. The summed E-state index contributed by atoms with van der Waals surface area (Å²) < 4.78 is 0. The molecule has 0 aromatic heterocycles. The fourth-order valence-electron chi connectivity index (χ4n) is 0.531. The third-order valence-corrected chi connectivity index (χ3v) is 1.21. The minimum Gasteiger partial charge on any atom is -0.325 e. The van der Waals surface area contributed by atoms with E-state index in [1.165, 1.54) is 13.1 Å². The van der Waals surface area contributed by atoms with E-state index in [1.807, 2.05) is 0 Å². The van der Waals surface area contributed by atoms with E-state index >= 15 is 0 Å². The number of nitrogens with two attached hydrogens (primary N) is 2. The summed E-state index contributed by atoms with van der Waals surface area (Å²) in [5.74, 6) is 5.09. The van der Waals surface area contributed by atoms with Crippen molar-refractivity contribution in [3.8, 4) is 0 Å². The van der Waals surface area contributed by atoms with E-state index in [0.717, 1.165) is 0 Å². The van der Waals surface area contributed by atoms with Gasteiger partial charge in [0.2, 0.25) is 0 Å². The first-order chi connectivity index (χ1) is 5.70. The van der Waals surface area contributed by atoms with Crippen LogP contribution in [-0.2, 0) is 4.79 Å². The molecule has 0 amide bonds. The Bertz CT molecular complexity index is 198. The molecule has 0 heterocycles. The second-order valence-corrected chi connectivity index (χ2v) is 2.31. The van der Waals surface area contributed by atoms with Crippen molar-refractivity contribution in [2.24, 2.45) is 21.7 Å². The van der Waals surface area contributed by atoms with Gasteiger partial charge >= 0.3 is 0 Å². The van der Waals surface area contributed by atoms with Crippen LogP contribution in [0.25, 0.3) is 0 Å². The summed E-state index contributed by atoms with van der Waals surface area (Å²) >= 11 is 0. The van der Waals surface area contributed by atoms with Gasteiger partial charge in [0.05, 0.1) is 5.71 Å². The van der Waals surface area contributed by atoms with Gasteiger partial charge in [0.15, 0.2) is 0 Å². The monoisotopic (exact) mass is 170 g/mol. The third kappa shape index (κ3) is 5.55. The van der Waals surface area contributed by atoms with Gasteiger partial charge in [0, 0.05) is 25.7 Å². The van der Waals surface area contributed by atoms with Crippen molar-refractivity contribution >= 4 is 17.7 Å². The lowest BCUT2D eigenvalue weighted by molar-refractivity contribution is -0.116. The molecule has 5 heteroatoms. The van der Waals surface area contributed by atoms with E-state index in [9.17, 15) is 4.79 Å². The molecule has 0 spiro atoms. The Morgan fingerprint density at radius 2 is 2.25 bits per heavy atom. The Kier molecular flexibility index (Phi) is 5.81. The van der Waals surface area contributed by atoms with E-state index in [1.54, 1.807) is 0 Å². The van der Waals surface area contributed by atoms with Gasteiger partial charge in [0.25, 0.3) is 0 Å². The van der Waals surface area contributed by atoms with Gasteiger partial charge in [-0.3, -0.25) is 9.79 Å². The van der Waals surface area contributed by atoms with Gasteiger partial charge in [-0.2, -0.15) is 5.10 Å². The first-order valence-corrected chi connectivity index (χ1v) is 3.66. The summed E-state index contributed by atoms with van der Waals surface area (Å²) in [5.41, 5.74) is 5.78. The molecule has 12 heavy (non-hydrogen) atoms. The molecule has 0 radical (unpaired) electrons. The van der Waals surface area contributed by atoms with Crippen molar-refractivity contribution in [1.29, 1.82) is 0 Å². The minimum atomic E-state index is 0.117. The molecule has 0 aliphatic rings. The quantitative estimate of drug-likeness (QED) is 0.325. The van der Waals surface area contributed by atoms with Crippen LogP contribution in [-0.4, -0.2) is 30.8 Å². The summed E-state index contributed by atoms with van der Waals surface area (Å²) in [6, 6.07) is 0. The zero-order valence-corrected chi connectivity index (χ0v) is 7.16. The molecule has 0 bridgehead atoms. The highest BCUT2D eigenvalue weighted by Crippen LogP contribution is 1.81. The van der Waals surface area contributed by atoms with Crippen LogP contribution in [0.4, 0.5) is 0 Å². The van der Waals surface area contributed by atoms with Gasteiger partial charge in [0.1, 0.15) is 5.78 Å². The van der Waals surface area contributed by atoms with E-state index in [2.05, 4.69) is 10.1 Å². The van der Waals surface area contributed by atoms with Crippen LogP contribution in [0.1, 0.15) is 13.3 Å². The number of ketones is 1. The van der Waals surface area contributed by atoms with E-state index in [0.29, 0.717) is 18.7 Å². The maximum atomic E-state index is 10.5. The number of aliphatic imine (C=N–C) groups is 1. The molecule has 0 fully saturated rings. The van der Waals surface area contributed by atoms with Gasteiger partial charge in [-0.25, -0.2) is 0 Å². The summed E-state index contributed by atoms with van der Waals surface area (Å²) in [6.45, 7) is 2.25. The summed E-state index contributed by atoms with van der Waals surface area (Å²) in [6.07, 6.45) is 1.93. The highest BCUT2D eigenvalue weighted by Gasteiger charge is 1.91. The SMILES string of the molecule is CC(=O)CCN=CC(CN)=NN. The molecule has 0 aliphatic carbocycles. The first kappa shape index (κ1) is 10.8. The van der Waals surface area contributed by atoms with Crippen molar-refractivity contribution < 1.29 is 4.79 Å². The van der Waals surface area contributed by atoms with E-state index in [4.69, 9.17) is 11.6 Å². The molecule has 5 nitrogen and oxygen atoms in total. The Morgan fingerprint density at radius 1 is 1.58 bits per heavy atom. The normalized spacial score (nSPS) is 12.3. The largest absolute Gasteiger partial charge is 0.325 e. The number of hydrogen-bond donors (Lipinski definition) is 2. The number of carbonyl (C=O) groups excluding carboxylic acids is 1. The fourth-order valence-corrected chi connectivity index (χ4v) is 0.531. The Balaban J connectivity index is 3.68. The molecule has 4 N–H and O–H groups in total. The number of rotatable bonds is 5. The number of Topliss-reactive ketones (excluding diaryl/α,β-unsaturated/α-hetero) is 1. The lowest BCUT2D eigenvalue weighted by Crippen LogP contribution is -2.17. The molecule has 0 aliphatic heterocycles. The van der Waals surface area contributed by atoms with Gasteiger partial charge in [-0.1, -0.05) is 0 Å². The maximum Gasteiger partial charge on any atom is 0.131 e. The molecule has 0 rings (SSSR count). The highest BCUT2D eigenvalue weighted by molar-refractivity contribution is 6.31. The van der Waals surface area contributed by atoms with Crippen molar-refractivity contribution in [2.45, 2.75) is 13.3 Å². The number of nitrogens with zero attached hydrogens (tertiary/aromatic N) is 2. The third-order valence-electron chi connectivity index (χ3n) is 1.21. The summed E-state index contributed by atoms with van der Waals surface area (Å²) in [5, 5.41) is 3.38. The van der Waals surface area contributed by atoms with Crippen molar-refractivity contribution in [3.05, 3.63) is 0 Å². The topological polar surface area (TPSA) is 93.8 Å². The van der Waals surface area contributed by atoms with Gasteiger partial charge in [-0.15, -0.1) is 0 Å². The second-order valence-electron chi connectivity index (χ2n) is 2.31. The summed E-state index contributed by atoms with van der Waals surface area (Å²) in [4.78, 5) is 14.4. The van der Waals surface area contributed by atoms with Crippen LogP contribution in [0.15, 0.2) is 10.1 Å². The van der Waals surface area contributed by atoms with Crippen LogP contribution in [0.5, 0.6) is 0 Å². The van der Waals surface area contributed by atoms with Crippen LogP contribution in [0.3, 0.4) is 0 Å². The molecule has 0 aromatic rings.